The number of H-pyrrole nitrogens is 1. The van der Waals surface area contributed by atoms with Gasteiger partial charge in [-0.05, 0) is 37.3 Å². The molecule has 3 atom stereocenters. The van der Waals surface area contributed by atoms with E-state index in [-0.39, 0.29) is 5.92 Å². The fourth-order valence-corrected chi connectivity index (χ4v) is 3.26. The predicted molar refractivity (Wildman–Crippen MR) is 120 cm³/mol. The maximum absolute atomic E-state index is 12.7. The van der Waals surface area contributed by atoms with Crippen LogP contribution >= 0.6 is 0 Å². The van der Waals surface area contributed by atoms with Crippen LogP contribution < -0.4 is 21.7 Å². The number of carbonyl (C=O) groups is 4. The minimum absolute atomic E-state index is 0.0942. The van der Waals surface area contributed by atoms with E-state index in [1.54, 1.807) is 0 Å². The third kappa shape index (κ3) is 7.09. The zero-order valence-corrected chi connectivity index (χ0v) is 18.5. The topological polar surface area (TPSA) is 166 Å². The van der Waals surface area contributed by atoms with Crippen molar-refractivity contribution in [2.45, 2.75) is 51.7 Å². The first kappa shape index (κ1) is 24.9. The molecule has 0 radical (unpaired) electrons. The number of carboxylic acid groups (broad SMARTS) is 1. The van der Waals surface area contributed by atoms with Crippen molar-refractivity contribution >= 4 is 34.6 Å². The molecule has 2 aromatic rings. The molecule has 7 N–H and O–H groups in total. The highest BCUT2D eigenvalue weighted by Crippen LogP contribution is 2.18. The molecule has 0 aliphatic carbocycles. The smallest absolute Gasteiger partial charge is 0.325 e. The lowest BCUT2D eigenvalue weighted by molar-refractivity contribution is -0.141. The quantitative estimate of drug-likeness (QED) is 0.290. The maximum atomic E-state index is 12.7. The minimum Gasteiger partial charge on any atom is -0.480 e. The highest BCUT2D eigenvalue weighted by atomic mass is 16.4. The highest BCUT2D eigenvalue weighted by Gasteiger charge is 2.26. The molecule has 3 amide bonds. The van der Waals surface area contributed by atoms with Gasteiger partial charge in [-0.1, -0.05) is 32.0 Å². The Morgan fingerprint density at radius 1 is 1.06 bits per heavy atom. The summed E-state index contributed by atoms with van der Waals surface area (Å²) in [5.41, 5.74) is 7.95. The zero-order chi connectivity index (χ0) is 23.8. The number of amides is 3. The first-order valence-corrected chi connectivity index (χ1v) is 10.5. The Morgan fingerprint density at radius 2 is 1.75 bits per heavy atom. The van der Waals surface area contributed by atoms with Crippen LogP contribution in [-0.4, -0.2) is 58.5 Å². The van der Waals surface area contributed by atoms with E-state index < -0.39 is 48.4 Å². The number of carboxylic acids is 1. The summed E-state index contributed by atoms with van der Waals surface area (Å²) in [7, 11) is 0. The van der Waals surface area contributed by atoms with Crippen molar-refractivity contribution in [2.75, 3.05) is 6.54 Å². The molecule has 32 heavy (non-hydrogen) atoms. The van der Waals surface area contributed by atoms with E-state index in [1.165, 1.54) is 6.92 Å². The Balaban J connectivity index is 1.96. The third-order valence-electron chi connectivity index (χ3n) is 4.96. The summed E-state index contributed by atoms with van der Waals surface area (Å²) in [6.07, 6.45) is 2.46. The van der Waals surface area contributed by atoms with Gasteiger partial charge >= 0.3 is 5.97 Å². The summed E-state index contributed by atoms with van der Waals surface area (Å²) < 4.78 is 0. The summed E-state index contributed by atoms with van der Waals surface area (Å²) in [6, 6.07) is 4.87. The number of fused-ring (bicyclic) bond motifs is 1. The van der Waals surface area contributed by atoms with Gasteiger partial charge in [0.2, 0.25) is 17.7 Å². The van der Waals surface area contributed by atoms with Gasteiger partial charge in [0.05, 0.1) is 12.6 Å². The number of para-hydroxylation sites is 1. The van der Waals surface area contributed by atoms with Gasteiger partial charge in [0.15, 0.2) is 0 Å². The number of rotatable bonds is 11. The monoisotopic (exact) mass is 445 g/mol. The van der Waals surface area contributed by atoms with E-state index in [1.807, 2.05) is 44.3 Å². The number of hydrogen-bond donors (Lipinski definition) is 6. The molecule has 0 saturated heterocycles. The normalized spacial score (nSPS) is 13.9. The average Bonchev–Trinajstić information content (AvgIpc) is 3.13. The number of hydrogen-bond acceptors (Lipinski definition) is 5. The van der Waals surface area contributed by atoms with Gasteiger partial charge in [-0.3, -0.25) is 19.2 Å². The molecule has 1 heterocycles. The molecular formula is C22H31N5O5. The van der Waals surface area contributed by atoms with Crippen molar-refractivity contribution in [3.8, 4) is 0 Å². The Hall–Kier alpha value is -3.40. The molecule has 10 heteroatoms. The second kappa shape index (κ2) is 11.3. The SMILES string of the molecule is CC(C)CC(NC(=O)C(N)Cc1c[nH]c2ccccc12)C(=O)NCC(=O)NC(C)C(=O)O. The van der Waals surface area contributed by atoms with E-state index in [9.17, 15) is 19.2 Å². The molecule has 0 spiro atoms. The zero-order valence-electron chi connectivity index (χ0n) is 18.5. The summed E-state index contributed by atoms with van der Waals surface area (Å²) >= 11 is 0. The largest absolute Gasteiger partial charge is 0.480 e. The molecule has 0 bridgehead atoms. The number of aromatic amines is 1. The molecule has 0 fully saturated rings. The first-order chi connectivity index (χ1) is 15.1. The van der Waals surface area contributed by atoms with Gasteiger partial charge in [-0.25, -0.2) is 0 Å². The summed E-state index contributed by atoms with van der Waals surface area (Å²) in [6.45, 7) is 4.72. The Bertz CT molecular complexity index is 971. The summed E-state index contributed by atoms with van der Waals surface area (Å²) in [5.74, 6) is -2.74. The van der Waals surface area contributed by atoms with Crippen LogP contribution in [0.25, 0.3) is 10.9 Å². The number of carbonyl (C=O) groups excluding carboxylic acids is 3. The summed E-state index contributed by atoms with van der Waals surface area (Å²) in [5, 5.41) is 17.2. The molecule has 0 aliphatic heterocycles. The minimum atomic E-state index is -1.18. The van der Waals surface area contributed by atoms with Crippen molar-refractivity contribution in [3.05, 3.63) is 36.0 Å². The van der Waals surface area contributed by atoms with Gasteiger partial charge < -0.3 is 31.8 Å². The average molecular weight is 446 g/mol. The second-order valence-corrected chi connectivity index (χ2v) is 8.21. The van der Waals surface area contributed by atoms with Crippen molar-refractivity contribution in [1.82, 2.24) is 20.9 Å². The lowest BCUT2D eigenvalue weighted by Crippen LogP contribution is -2.54. The molecule has 1 aromatic heterocycles. The fourth-order valence-electron chi connectivity index (χ4n) is 3.26. The van der Waals surface area contributed by atoms with E-state index >= 15 is 0 Å². The van der Waals surface area contributed by atoms with E-state index in [0.717, 1.165) is 16.5 Å². The van der Waals surface area contributed by atoms with Crippen molar-refractivity contribution < 1.29 is 24.3 Å². The molecule has 174 valence electrons. The van der Waals surface area contributed by atoms with Crippen molar-refractivity contribution in [1.29, 1.82) is 0 Å². The van der Waals surface area contributed by atoms with Crippen LogP contribution in [0.15, 0.2) is 30.5 Å². The molecular weight excluding hydrogens is 414 g/mol. The molecule has 0 aliphatic rings. The molecule has 10 nitrogen and oxygen atoms in total. The second-order valence-electron chi connectivity index (χ2n) is 8.21. The predicted octanol–water partition coefficient (Wildman–Crippen LogP) is 0.274. The van der Waals surface area contributed by atoms with Crippen LogP contribution in [0.4, 0.5) is 0 Å². The standard InChI is InChI=1S/C22H31N5O5/c1-12(2)8-18(21(30)25-11-19(28)26-13(3)22(31)32)27-20(29)16(23)9-14-10-24-17-7-5-4-6-15(14)17/h4-7,10,12-13,16,18,24H,8-9,11,23H2,1-3H3,(H,25,30)(H,26,28)(H,27,29)(H,31,32). The lowest BCUT2D eigenvalue weighted by atomic mass is 10.0. The van der Waals surface area contributed by atoms with Crippen LogP contribution in [0.2, 0.25) is 0 Å². The van der Waals surface area contributed by atoms with E-state index in [4.69, 9.17) is 10.8 Å². The van der Waals surface area contributed by atoms with Gasteiger partial charge in [-0.2, -0.15) is 0 Å². The van der Waals surface area contributed by atoms with Crippen LogP contribution in [0.1, 0.15) is 32.8 Å². The fraction of sp³-hybridized carbons (Fsp3) is 0.455. The Kier molecular flexibility index (Phi) is 8.77. The van der Waals surface area contributed by atoms with E-state index in [0.29, 0.717) is 12.8 Å². The first-order valence-electron chi connectivity index (χ1n) is 10.5. The molecule has 1 aromatic carbocycles. The van der Waals surface area contributed by atoms with E-state index in [2.05, 4.69) is 20.9 Å². The summed E-state index contributed by atoms with van der Waals surface area (Å²) in [4.78, 5) is 51.0. The lowest BCUT2D eigenvalue weighted by Gasteiger charge is -2.22. The van der Waals surface area contributed by atoms with Crippen LogP contribution in [-0.2, 0) is 25.6 Å². The Labute approximate surface area is 186 Å². The number of aromatic nitrogens is 1. The maximum Gasteiger partial charge on any atom is 0.325 e. The number of aliphatic carboxylic acids is 1. The van der Waals surface area contributed by atoms with Crippen LogP contribution in [0.5, 0.6) is 0 Å². The van der Waals surface area contributed by atoms with Gasteiger partial charge in [0.1, 0.15) is 12.1 Å². The van der Waals surface area contributed by atoms with Gasteiger partial charge in [-0.15, -0.1) is 0 Å². The Morgan fingerprint density at radius 3 is 2.41 bits per heavy atom. The number of nitrogens with two attached hydrogens (primary N) is 1. The highest BCUT2D eigenvalue weighted by molar-refractivity contribution is 5.93. The number of nitrogens with one attached hydrogen (secondary N) is 4. The molecule has 2 rings (SSSR count). The van der Waals surface area contributed by atoms with Gasteiger partial charge in [0.25, 0.3) is 0 Å². The van der Waals surface area contributed by atoms with Gasteiger partial charge in [0, 0.05) is 17.1 Å². The third-order valence-corrected chi connectivity index (χ3v) is 4.96. The van der Waals surface area contributed by atoms with Crippen LogP contribution in [0, 0.1) is 5.92 Å². The van der Waals surface area contributed by atoms with Crippen LogP contribution in [0.3, 0.4) is 0 Å². The molecule has 0 saturated carbocycles. The number of benzene rings is 1. The van der Waals surface area contributed by atoms with Crippen molar-refractivity contribution in [3.63, 3.8) is 0 Å². The molecule has 3 unspecified atom stereocenters. The van der Waals surface area contributed by atoms with Crippen molar-refractivity contribution in [2.24, 2.45) is 11.7 Å².